The number of aryl methyl sites for hydroxylation is 1. The molecule has 8 aromatic heterocycles. The zero-order valence-electron chi connectivity index (χ0n) is 45.3. The summed E-state index contributed by atoms with van der Waals surface area (Å²) in [5.41, 5.74) is 12.9. The Morgan fingerprint density at radius 1 is 0.298 bits per heavy atom. The third-order valence-electron chi connectivity index (χ3n) is 16.9. The second kappa shape index (κ2) is 18.4. The highest BCUT2D eigenvalue weighted by molar-refractivity contribution is 7.26. The maximum absolute atomic E-state index is 5.62. The lowest BCUT2D eigenvalue weighted by molar-refractivity contribution is 0.993. The molecule has 84 heavy (non-hydrogen) atoms. The van der Waals surface area contributed by atoms with Crippen molar-refractivity contribution in [3.05, 3.63) is 235 Å². The molecule has 10 heteroatoms. The Morgan fingerprint density at radius 3 is 1.02 bits per heavy atom. The molecular weight excluding hydrogens is 1100 g/mol. The van der Waals surface area contributed by atoms with E-state index in [1.807, 2.05) is 45.3 Å². The van der Waals surface area contributed by atoms with Gasteiger partial charge in [-0.05, 0) is 123 Å². The fourth-order valence-electron chi connectivity index (χ4n) is 13.0. The van der Waals surface area contributed by atoms with E-state index in [9.17, 15) is 0 Å². The summed E-state index contributed by atoms with van der Waals surface area (Å²) in [4.78, 5) is 23.8. The molecule has 0 aliphatic carbocycles. The van der Waals surface area contributed by atoms with E-state index in [-0.39, 0.29) is 0 Å². The zero-order valence-corrected chi connectivity index (χ0v) is 48.5. The molecule has 6 nitrogen and oxygen atoms in total. The maximum atomic E-state index is 5.62. The zero-order chi connectivity index (χ0) is 55.3. The van der Waals surface area contributed by atoms with Crippen LogP contribution in [0, 0.1) is 6.92 Å². The summed E-state index contributed by atoms with van der Waals surface area (Å²) < 4.78 is 13.4. The van der Waals surface area contributed by atoms with Crippen LogP contribution in [0.25, 0.3) is 177 Å². The number of allylic oxidation sites excluding steroid dienone is 1. The fraction of sp³-hybridized carbons (Fsp3) is 0.0270. The van der Waals surface area contributed by atoms with Gasteiger partial charge >= 0.3 is 0 Å². The number of aromatic nitrogens is 6. The smallest absolute Gasteiger partial charge is 0.235 e. The van der Waals surface area contributed by atoms with Gasteiger partial charge in [0, 0.05) is 119 Å². The van der Waals surface area contributed by atoms with Crippen LogP contribution in [0.2, 0.25) is 0 Å². The fourth-order valence-corrected chi connectivity index (χ4v) is 17.2. The van der Waals surface area contributed by atoms with Gasteiger partial charge in [-0.3, -0.25) is 9.13 Å². The number of hydrogen-bond donors (Lipinski definition) is 0. The van der Waals surface area contributed by atoms with Gasteiger partial charge in [0.15, 0.2) is 0 Å². The third kappa shape index (κ3) is 7.31. The van der Waals surface area contributed by atoms with Crippen molar-refractivity contribution in [2.24, 2.45) is 0 Å². The summed E-state index contributed by atoms with van der Waals surface area (Å²) in [6.07, 6.45) is 4.36. The van der Waals surface area contributed by atoms with Crippen molar-refractivity contribution in [2.75, 3.05) is 0 Å². The second-order valence-electron chi connectivity index (χ2n) is 21.7. The van der Waals surface area contributed by atoms with Crippen molar-refractivity contribution in [3.63, 3.8) is 0 Å². The van der Waals surface area contributed by atoms with Crippen LogP contribution < -0.4 is 0 Å². The number of thiophene rings is 4. The van der Waals surface area contributed by atoms with Crippen LogP contribution in [-0.4, -0.2) is 29.1 Å². The van der Waals surface area contributed by atoms with Gasteiger partial charge in [0.2, 0.25) is 11.9 Å². The van der Waals surface area contributed by atoms with Gasteiger partial charge in [0.05, 0.1) is 44.8 Å². The van der Waals surface area contributed by atoms with Crippen LogP contribution in [-0.2, 0) is 0 Å². The molecule has 0 unspecified atom stereocenters. The molecule has 0 spiro atoms. The number of nitrogens with zero attached hydrogens (tertiary/aromatic N) is 6. The number of rotatable bonds is 7. The van der Waals surface area contributed by atoms with E-state index in [1.54, 1.807) is 0 Å². The molecule has 0 aliphatic rings. The topological polar surface area (TPSA) is 61.4 Å². The first-order chi connectivity index (χ1) is 41.4. The first-order valence-corrected chi connectivity index (χ1v) is 31.4. The van der Waals surface area contributed by atoms with Crippen molar-refractivity contribution in [1.82, 2.24) is 29.1 Å². The van der Waals surface area contributed by atoms with Crippen LogP contribution in [0.3, 0.4) is 0 Å². The first kappa shape index (κ1) is 47.9. The normalized spacial score (nSPS) is 12.4. The van der Waals surface area contributed by atoms with Crippen LogP contribution in [0.5, 0.6) is 0 Å². The third-order valence-corrected chi connectivity index (χ3v) is 21.4. The lowest BCUT2D eigenvalue weighted by Crippen LogP contribution is -2.04. The van der Waals surface area contributed by atoms with Crippen LogP contribution in [0.15, 0.2) is 224 Å². The molecule has 0 amide bonds. The number of para-hydroxylation sites is 2. The molecule has 0 atom stereocenters. The minimum Gasteiger partial charge on any atom is -0.278 e. The predicted octanol–water partition coefficient (Wildman–Crippen LogP) is 21.8. The summed E-state index contributed by atoms with van der Waals surface area (Å²) in [5.74, 6) is 1.21. The minimum atomic E-state index is 0.605. The SMILES string of the molecule is C/C=C\c1c(C)sc2ccc(-c3cc(-c4ccc5sc6ccccc6c5c4)nc(-n4c5ccccc5c5cc6c(cc54)c4ccccc4n6-c4nc(-c5ccc6sc7ccccc7c6c5)cc(-c5ccc6sc7ccccc7c6c5)n4)n3)cc12. The summed E-state index contributed by atoms with van der Waals surface area (Å²) in [7, 11) is 0. The van der Waals surface area contributed by atoms with Crippen LogP contribution in [0.4, 0.5) is 0 Å². The van der Waals surface area contributed by atoms with Crippen LogP contribution in [0.1, 0.15) is 17.4 Å². The molecule has 0 saturated heterocycles. The van der Waals surface area contributed by atoms with Crippen molar-refractivity contribution in [2.45, 2.75) is 13.8 Å². The van der Waals surface area contributed by atoms with Gasteiger partial charge < -0.3 is 0 Å². The Hall–Kier alpha value is -9.68. The summed E-state index contributed by atoms with van der Waals surface area (Å²) in [5, 5.41) is 13.0. The number of fused-ring (bicyclic) bond motifs is 16. The summed E-state index contributed by atoms with van der Waals surface area (Å²) in [6, 6.07) is 79.7. The Kier molecular flexibility index (Phi) is 10.5. The highest BCUT2D eigenvalue weighted by atomic mass is 32.1. The second-order valence-corrected chi connectivity index (χ2v) is 26.2. The van der Waals surface area contributed by atoms with Gasteiger partial charge in [-0.25, -0.2) is 19.9 Å². The first-order valence-electron chi connectivity index (χ1n) is 28.1. The molecule has 394 valence electrons. The van der Waals surface area contributed by atoms with E-state index in [0.717, 1.165) is 88.6 Å². The quantitative estimate of drug-likeness (QED) is 0.160. The summed E-state index contributed by atoms with van der Waals surface area (Å²) >= 11 is 7.33. The minimum absolute atomic E-state index is 0.605. The lowest BCUT2D eigenvalue weighted by Gasteiger charge is -2.13. The van der Waals surface area contributed by atoms with E-state index in [1.165, 1.54) is 81.0 Å². The molecular formula is C74H44N6S4. The Morgan fingerprint density at radius 2 is 0.631 bits per heavy atom. The van der Waals surface area contributed by atoms with Crippen molar-refractivity contribution in [1.29, 1.82) is 0 Å². The Labute approximate surface area is 496 Å². The van der Waals surface area contributed by atoms with Gasteiger partial charge in [0.25, 0.3) is 0 Å². The van der Waals surface area contributed by atoms with Crippen LogP contribution >= 0.6 is 45.3 Å². The molecule has 0 radical (unpaired) electrons. The van der Waals surface area contributed by atoms with Crippen molar-refractivity contribution < 1.29 is 0 Å². The molecule has 18 aromatic rings. The van der Waals surface area contributed by atoms with E-state index in [0.29, 0.717) is 11.9 Å². The molecule has 0 bridgehead atoms. The Balaban J connectivity index is 0.880. The lowest BCUT2D eigenvalue weighted by atomic mass is 10.0. The number of benzene rings is 10. The molecule has 0 fully saturated rings. The average molecular weight is 1150 g/mol. The standard InChI is InChI=1S/C74H44N6S4/c1-3-14-46-41(2)81-69-29-25-42(33-54(46)69)58-39-59(43-26-30-70-55(34-43)49-17-6-11-22-66(49)82-70)76-73(75-58)79-62-20-9-4-15-47(62)52-38-65-53(37-64(52)79)48-16-5-10-21-63(48)80(65)74-77-60(44-27-31-71-56(35-44)50-18-7-12-23-67(50)83-71)40-61(78-74)45-28-32-72-57(36-45)51-19-8-13-24-68(51)84-72/h3-40H,1-2H3/b14-3-. The monoisotopic (exact) mass is 1140 g/mol. The van der Waals surface area contributed by atoms with Gasteiger partial charge in [-0.15, -0.1) is 45.3 Å². The van der Waals surface area contributed by atoms with E-state index in [2.05, 4.69) is 254 Å². The van der Waals surface area contributed by atoms with E-state index in [4.69, 9.17) is 19.9 Å². The van der Waals surface area contributed by atoms with Gasteiger partial charge in [-0.2, -0.15) is 0 Å². The van der Waals surface area contributed by atoms with Crippen molar-refractivity contribution >= 4 is 166 Å². The largest absolute Gasteiger partial charge is 0.278 e. The van der Waals surface area contributed by atoms with Gasteiger partial charge in [0.1, 0.15) is 0 Å². The molecule has 18 rings (SSSR count). The highest BCUT2D eigenvalue weighted by Gasteiger charge is 2.24. The molecule has 8 heterocycles. The average Bonchev–Trinajstić information content (AvgIpc) is 3.17. The molecule has 10 aromatic carbocycles. The molecule has 0 N–H and O–H groups in total. The van der Waals surface area contributed by atoms with Gasteiger partial charge in [-0.1, -0.05) is 127 Å². The predicted molar refractivity (Wildman–Crippen MR) is 362 cm³/mol. The molecule has 0 aliphatic heterocycles. The summed E-state index contributed by atoms with van der Waals surface area (Å²) in [6.45, 7) is 4.30. The van der Waals surface area contributed by atoms with Crippen molar-refractivity contribution in [3.8, 4) is 56.9 Å². The van der Waals surface area contributed by atoms with E-state index < -0.39 is 0 Å². The van der Waals surface area contributed by atoms with E-state index >= 15 is 0 Å². The maximum Gasteiger partial charge on any atom is 0.235 e. The molecule has 0 saturated carbocycles. The Bertz CT molecular complexity index is 5730. The highest BCUT2D eigenvalue weighted by Crippen LogP contribution is 2.44. The number of hydrogen-bond acceptors (Lipinski definition) is 8.